The highest BCUT2D eigenvalue weighted by molar-refractivity contribution is 5.82. The molecule has 3 heterocycles. The number of nitrogens with zero attached hydrogens (tertiary/aromatic N) is 5. The topological polar surface area (TPSA) is 132 Å². The molecule has 40 heavy (non-hydrogen) atoms. The summed E-state index contributed by atoms with van der Waals surface area (Å²) in [5.41, 5.74) is 5.98. The van der Waals surface area contributed by atoms with E-state index in [4.69, 9.17) is 10.5 Å². The summed E-state index contributed by atoms with van der Waals surface area (Å²) in [6.45, 7) is 1.72. The number of nitrogens with one attached hydrogen (secondary N) is 1. The Hall–Kier alpha value is -5.55. The third-order valence-electron chi connectivity index (χ3n) is 6.08. The molecule has 0 amide bonds. The van der Waals surface area contributed by atoms with Crippen LogP contribution < -0.4 is 16.6 Å². The predicted octanol–water partition coefficient (Wildman–Crippen LogP) is 4.56. The van der Waals surface area contributed by atoms with Crippen molar-refractivity contribution in [3.05, 3.63) is 106 Å². The number of hydrogen-bond acceptors (Lipinski definition) is 8. The third-order valence-corrected chi connectivity index (χ3v) is 6.08. The van der Waals surface area contributed by atoms with Gasteiger partial charge in [0.1, 0.15) is 29.4 Å². The maximum absolute atomic E-state index is 13.9. The van der Waals surface area contributed by atoms with Crippen molar-refractivity contribution in [3.63, 3.8) is 0 Å². The second-order valence-corrected chi connectivity index (χ2v) is 8.70. The number of rotatable bonds is 5. The normalized spacial score (nSPS) is 14.7. The van der Waals surface area contributed by atoms with Crippen molar-refractivity contribution in [1.29, 1.82) is 5.26 Å². The van der Waals surface area contributed by atoms with Gasteiger partial charge in [-0.1, -0.05) is 30.2 Å². The summed E-state index contributed by atoms with van der Waals surface area (Å²) < 4.78 is 34.4. The number of allylic oxidation sites excluding steroid dienone is 2. The van der Waals surface area contributed by atoms with Gasteiger partial charge in [-0.3, -0.25) is 9.36 Å². The van der Waals surface area contributed by atoms with E-state index in [1.54, 1.807) is 43.4 Å². The van der Waals surface area contributed by atoms with Crippen molar-refractivity contribution in [2.75, 3.05) is 11.1 Å². The molecule has 0 fully saturated rings. The number of benzene rings is 2. The van der Waals surface area contributed by atoms with Gasteiger partial charge in [-0.2, -0.15) is 5.26 Å². The Morgan fingerprint density at radius 1 is 1.18 bits per heavy atom. The van der Waals surface area contributed by atoms with Crippen molar-refractivity contribution in [2.24, 2.45) is 0 Å². The summed E-state index contributed by atoms with van der Waals surface area (Å²) in [7, 11) is 0. The van der Waals surface area contributed by atoms with E-state index in [9.17, 15) is 18.8 Å². The van der Waals surface area contributed by atoms with Crippen LogP contribution in [0.2, 0.25) is 0 Å². The molecular formula is C29H21F2N7O2. The first-order chi connectivity index (χ1) is 19.4. The number of nitrogen functional groups attached to an aromatic ring is 1. The van der Waals surface area contributed by atoms with E-state index in [2.05, 4.69) is 32.1 Å². The van der Waals surface area contributed by atoms with Crippen molar-refractivity contribution in [2.45, 2.75) is 25.5 Å². The number of alkyl halides is 2. The highest BCUT2D eigenvalue weighted by atomic mass is 19.3. The molecule has 2 aromatic heterocycles. The van der Waals surface area contributed by atoms with Gasteiger partial charge in [0, 0.05) is 5.56 Å². The molecule has 0 saturated heterocycles. The number of ether oxygens (including phenoxy) is 1. The van der Waals surface area contributed by atoms with Gasteiger partial charge in [0.05, 0.1) is 40.5 Å². The van der Waals surface area contributed by atoms with Crippen molar-refractivity contribution in [1.82, 2.24) is 19.5 Å². The first-order valence-electron chi connectivity index (χ1n) is 12.1. The fourth-order valence-electron chi connectivity index (χ4n) is 4.22. The van der Waals surface area contributed by atoms with Crippen LogP contribution in [0.15, 0.2) is 78.1 Å². The SMILES string of the molecule is CC(Nc1ncnc(N)c1C#CC1C=CC=CO1)c1nc2cccc(C(F)F)c2c(=O)n1-c1cccc(C#N)c1. The summed E-state index contributed by atoms with van der Waals surface area (Å²) in [5.74, 6) is 6.49. The van der Waals surface area contributed by atoms with Crippen molar-refractivity contribution >= 4 is 22.5 Å². The lowest BCUT2D eigenvalue weighted by molar-refractivity contribution is 0.153. The summed E-state index contributed by atoms with van der Waals surface area (Å²) >= 11 is 0. The van der Waals surface area contributed by atoms with Gasteiger partial charge in [0.15, 0.2) is 6.10 Å². The molecule has 1 aliphatic heterocycles. The first-order valence-corrected chi connectivity index (χ1v) is 12.1. The second kappa shape index (κ2) is 11.1. The quantitative estimate of drug-likeness (QED) is 0.354. The zero-order chi connectivity index (χ0) is 28.2. The zero-order valence-corrected chi connectivity index (χ0v) is 21.0. The van der Waals surface area contributed by atoms with Crippen LogP contribution in [0.5, 0.6) is 0 Å². The Morgan fingerprint density at radius 3 is 2.75 bits per heavy atom. The van der Waals surface area contributed by atoms with E-state index in [0.717, 1.165) is 0 Å². The molecule has 2 aromatic carbocycles. The molecule has 0 spiro atoms. The molecule has 0 saturated carbocycles. The Bertz CT molecular complexity index is 1830. The molecule has 9 nitrogen and oxygen atoms in total. The molecule has 1 aliphatic rings. The second-order valence-electron chi connectivity index (χ2n) is 8.70. The van der Waals surface area contributed by atoms with Gasteiger partial charge in [-0.05, 0) is 49.3 Å². The maximum Gasteiger partial charge on any atom is 0.266 e. The molecule has 198 valence electrons. The van der Waals surface area contributed by atoms with Gasteiger partial charge >= 0.3 is 0 Å². The molecule has 2 atom stereocenters. The molecule has 3 N–H and O–H groups in total. The smallest absolute Gasteiger partial charge is 0.266 e. The molecule has 11 heteroatoms. The fourth-order valence-corrected chi connectivity index (χ4v) is 4.22. The summed E-state index contributed by atoms with van der Waals surface area (Å²) in [6, 6.07) is 11.7. The Morgan fingerprint density at radius 2 is 2.00 bits per heavy atom. The van der Waals surface area contributed by atoms with Crippen LogP contribution >= 0.6 is 0 Å². The number of hydrogen-bond donors (Lipinski definition) is 2. The van der Waals surface area contributed by atoms with Crippen molar-refractivity contribution in [3.8, 4) is 23.6 Å². The van der Waals surface area contributed by atoms with Gasteiger partial charge in [0.25, 0.3) is 12.0 Å². The number of nitrogens with two attached hydrogens (primary N) is 1. The first kappa shape index (κ1) is 26.1. The van der Waals surface area contributed by atoms with Crippen LogP contribution in [0.3, 0.4) is 0 Å². The summed E-state index contributed by atoms with van der Waals surface area (Å²) in [6.07, 6.45) is 4.72. The number of aromatic nitrogens is 4. The number of nitriles is 1. The lowest BCUT2D eigenvalue weighted by Crippen LogP contribution is -2.28. The van der Waals surface area contributed by atoms with Gasteiger partial charge in [0.2, 0.25) is 0 Å². The van der Waals surface area contributed by atoms with Crippen LogP contribution in [0.25, 0.3) is 16.6 Å². The number of anilines is 2. The van der Waals surface area contributed by atoms with Crippen LogP contribution in [0.4, 0.5) is 20.4 Å². The Kier molecular flexibility index (Phi) is 7.20. The van der Waals surface area contributed by atoms with Gasteiger partial charge in [-0.15, -0.1) is 0 Å². The minimum absolute atomic E-state index is 0.107. The van der Waals surface area contributed by atoms with E-state index in [1.807, 2.05) is 6.07 Å². The number of fused-ring (bicyclic) bond motifs is 1. The third kappa shape index (κ3) is 5.08. The Balaban J connectivity index is 1.65. The zero-order valence-electron chi connectivity index (χ0n) is 21.0. The van der Waals surface area contributed by atoms with Crippen LogP contribution in [0, 0.1) is 23.2 Å². The molecular weight excluding hydrogens is 516 g/mol. The standard InChI is InChI=1S/C29H21F2N7O2/c1-17(36-27-22(26(33)34-16-35-27)12-11-20-8-2-3-13-40-20)28-37-23-10-5-9-21(25(30)31)24(23)29(39)38(28)19-7-4-6-18(14-19)15-32/h2-10,13-14,16-17,20,25H,1H3,(H3,33,34,35,36). The van der Waals surface area contributed by atoms with E-state index < -0.39 is 29.7 Å². The van der Waals surface area contributed by atoms with Crippen LogP contribution in [-0.4, -0.2) is 25.6 Å². The highest BCUT2D eigenvalue weighted by Gasteiger charge is 2.23. The molecule has 4 aromatic rings. The molecule has 2 unspecified atom stereocenters. The molecule has 5 rings (SSSR count). The molecule has 0 aliphatic carbocycles. The Labute approximate surface area is 227 Å². The van der Waals surface area contributed by atoms with Crippen LogP contribution in [-0.2, 0) is 4.74 Å². The predicted molar refractivity (Wildman–Crippen MR) is 146 cm³/mol. The summed E-state index contributed by atoms with van der Waals surface area (Å²) in [5, 5.41) is 12.4. The average molecular weight is 538 g/mol. The lowest BCUT2D eigenvalue weighted by atomic mass is 10.1. The van der Waals surface area contributed by atoms with Crippen LogP contribution in [0.1, 0.15) is 41.9 Å². The summed E-state index contributed by atoms with van der Waals surface area (Å²) in [4.78, 5) is 26.7. The number of halogens is 2. The highest BCUT2D eigenvalue weighted by Crippen LogP contribution is 2.28. The van der Waals surface area contributed by atoms with E-state index in [1.165, 1.54) is 41.4 Å². The average Bonchev–Trinajstić information content (AvgIpc) is 2.97. The lowest BCUT2D eigenvalue weighted by Gasteiger charge is -2.21. The van der Waals surface area contributed by atoms with E-state index in [0.29, 0.717) is 11.3 Å². The minimum Gasteiger partial charge on any atom is -0.481 e. The van der Waals surface area contributed by atoms with Gasteiger partial charge < -0.3 is 15.8 Å². The van der Waals surface area contributed by atoms with Crippen molar-refractivity contribution < 1.29 is 13.5 Å². The molecule has 0 bridgehead atoms. The van der Waals surface area contributed by atoms with E-state index >= 15 is 0 Å². The molecule has 0 radical (unpaired) electrons. The minimum atomic E-state index is -2.89. The largest absolute Gasteiger partial charge is 0.481 e. The van der Waals surface area contributed by atoms with Gasteiger partial charge in [-0.25, -0.2) is 23.7 Å². The monoisotopic (exact) mass is 537 g/mol. The maximum atomic E-state index is 13.9. The fraction of sp³-hybridized carbons (Fsp3) is 0.138. The van der Waals surface area contributed by atoms with E-state index in [-0.39, 0.29) is 33.9 Å².